The van der Waals surface area contributed by atoms with Crippen LogP contribution in [0.4, 0.5) is 0 Å². The van der Waals surface area contributed by atoms with Crippen LogP contribution < -0.4 is 0 Å². The van der Waals surface area contributed by atoms with Crippen molar-refractivity contribution in [2.24, 2.45) is 0 Å². The Morgan fingerprint density at radius 1 is 0.933 bits per heavy atom. The molecular formula is C14H12O. The monoisotopic (exact) mass is 196 g/mol. The number of rotatable bonds is 1. The summed E-state index contributed by atoms with van der Waals surface area (Å²) < 4.78 is 5.75. The van der Waals surface area contributed by atoms with Crippen LogP contribution in [0.5, 0.6) is 0 Å². The van der Waals surface area contributed by atoms with E-state index in [9.17, 15) is 0 Å². The summed E-state index contributed by atoms with van der Waals surface area (Å²) >= 11 is 0. The Bertz CT molecular complexity index is 619. The predicted molar refractivity (Wildman–Crippen MR) is 63.1 cm³/mol. The van der Waals surface area contributed by atoms with Gasteiger partial charge < -0.3 is 4.42 Å². The van der Waals surface area contributed by atoms with Gasteiger partial charge in [-0.3, -0.25) is 0 Å². The van der Waals surface area contributed by atoms with E-state index < -0.39 is 0 Å². The standard InChI is InChI=1S/C14H12O/c1-2-10-7-8-14-12(9-10)11-5-3-4-6-13(11)15-14/h3-9H,2H2,1H3. The number of hydrogen-bond donors (Lipinski definition) is 0. The summed E-state index contributed by atoms with van der Waals surface area (Å²) in [7, 11) is 0. The van der Waals surface area contributed by atoms with Crippen molar-refractivity contribution in [3.05, 3.63) is 48.0 Å². The van der Waals surface area contributed by atoms with Gasteiger partial charge in [0, 0.05) is 10.8 Å². The number of benzene rings is 2. The fourth-order valence-corrected chi connectivity index (χ4v) is 1.99. The van der Waals surface area contributed by atoms with E-state index in [2.05, 4.69) is 37.3 Å². The third kappa shape index (κ3) is 1.23. The Hall–Kier alpha value is -1.76. The van der Waals surface area contributed by atoms with Crippen LogP contribution >= 0.6 is 0 Å². The number of aryl methyl sites for hydroxylation is 1. The van der Waals surface area contributed by atoms with Crippen LogP contribution in [-0.2, 0) is 6.42 Å². The van der Waals surface area contributed by atoms with E-state index >= 15 is 0 Å². The van der Waals surface area contributed by atoms with Gasteiger partial charge >= 0.3 is 0 Å². The molecule has 2 aromatic carbocycles. The summed E-state index contributed by atoms with van der Waals surface area (Å²) in [5, 5.41) is 2.44. The largest absolute Gasteiger partial charge is 0.456 e. The number of fused-ring (bicyclic) bond motifs is 3. The number of hydrogen-bond acceptors (Lipinski definition) is 1. The van der Waals surface area contributed by atoms with E-state index in [0.29, 0.717) is 0 Å². The average molecular weight is 196 g/mol. The molecule has 0 spiro atoms. The van der Waals surface area contributed by atoms with Gasteiger partial charge in [-0.1, -0.05) is 31.2 Å². The van der Waals surface area contributed by atoms with Crippen molar-refractivity contribution in [1.29, 1.82) is 0 Å². The van der Waals surface area contributed by atoms with E-state index in [4.69, 9.17) is 4.42 Å². The smallest absolute Gasteiger partial charge is 0.135 e. The van der Waals surface area contributed by atoms with Crippen molar-refractivity contribution in [3.8, 4) is 0 Å². The summed E-state index contributed by atoms with van der Waals surface area (Å²) in [4.78, 5) is 0. The van der Waals surface area contributed by atoms with E-state index in [0.717, 1.165) is 17.6 Å². The molecule has 3 aromatic rings. The molecule has 1 heteroatoms. The zero-order valence-corrected chi connectivity index (χ0v) is 8.66. The lowest BCUT2D eigenvalue weighted by molar-refractivity contribution is 0.669. The molecule has 1 nitrogen and oxygen atoms in total. The predicted octanol–water partition coefficient (Wildman–Crippen LogP) is 4.15. The second kappa shape index (κ2) is 3.13. The molecule has 0 N–H and O–H groups in total. The molecule has 0 radical (unpaired) electrons. The first kappa shape index (κ1) is 8.54. The molecule has 0 atom stereocenters. The van der Waals surface area contributed by atoms with Crippen molar-refractivity contribution < 1.29 is 4.42 Å². The molecule has 74 valence electrons. The Labute approximate surface area is 88.3 Å². The van der Waals surface area contributed by atoms with Crippen molar-refractivity contribution >= 4 is 21.9 Å². The van der Waals surface area contributed by atoms with E-state index in [-0.39, 0.29) is 0 Å². The molecule has 0 bridgehead atoms. The highest BCUT2D eigenvalue weighted by Crippen LogP contribution is 2.29. The molecular weight excluding hydrogens is 184 g/mol. The molecule has 0 fully saturated rings. The van der Waals surface area contributed by atoms with Gasteiger partial charge in [0.05, 0.1) is 0 Å². The molecule has 0 amide bonds. The lowest BCUT2D eigenvalue weighted by Gasteiger charge is -1.94. The Morgan fingerprint density at radius 2 is 1.73 bits per heavy atom. The van der Waals surface area contributed by atoms with Crippen LogP contribution in [0.3, 0.4) is 0 Å². The summed E-state index contributed by atoms with van der Waals surface area (Å²) in [5.74, 6) is 0. The molecule has 0 saturated carbocycles. The van der Waals surface area contributed by atoms with Gasteiger partial charge in [-0.15, -0.1) is 0 Å². The third-order valence-electron chi connectivity index (χ3n) is 2.85. The summed E-state index contributed by atoms with van der Waals surface area (Å²) in [6.45, 7) is 2.17. The lowest BCUT2D eigenvalue weighted by Crippen LogP contribution is -1.77. The Morgan fingerprint density at radius 3 is 2.60 bits per heavy atom. The zero-order valence-electron chi connectivity index (χ0n) is 8.66. The fraction of sp³-hybridized carbons (Fsp3) is 0.143. The summed E-state index contributed by atoms with van der Waals surface area (Å²) in [6, 6.07) is 14.6. The SMILES string of the molecule is CCc1ccc2oc3ccccc3c2c1. The minimum atomic E-state index is 0.973. The summed E-state index contributed by atoms with van der Waals surface area (Å²) in [5.41, 5.74) is 3.31. The summed E-state index contributed by atoms with van der Waals surface area (Å²) in [6.07, 6.45) is 1.06. The van der Waals surface area contributed by atoms with E-state index in [1.165, 1.54) is 16.3 Å². The van der Waals surface area contributed by atoms with E-state index in [1.54, 1.807) is 0 Å². The van der Waals surface area contributed by atoms with Gasteiger partial charge in [-0.05, 0) is 30.2 Å². The van der Waals surface area contributed by atoms with Gasteiger partial charge in [0.2, 0.25) is 0 Å². The maximum absolute atomic E-state index is 5.75. The van der Waals surface area contributed by atoms with Crippen molar-refractivity contribution in [1.82, 2.24) is 0 Å². The van der Waals surface area contributed by atoms with Gasteiger partial charge in [-0.2, -0.15) is 0 Å². The quantitative estimate of drug-likeness (QED) is 0.570. The van der Waals surface area contributed by atoms with Crippen molar-refractivity contribution in [2.45, 2.75) is 13.3 Å². The molecule has 0 aliphatic heterocycles. The normalized spacial score (nSPS) is 11.3. The first-order valence-electron chi connectivity index (χ1n) is 5.28. The highest BCUT2D eigenvalue weighted by molar-refractivity contribution is 6.04. The van der Waals surface area contributed by atoms with Gasteiger partial charge in [-0.25, -0.2) is 0 Å². The van der Waals surface area contributed by atoms with Crippen LogP contribution in [0.15, 0.2) is 46.9 Å². The molecule has 3 rings (SSSR count). The fourth-order valence-electron chi connectivity index (χ4n) is 1.99. The molecule has 1 aromatic heterocycles. The Balaban J connectivity index is 2.46. The third-order valence-corrected chi connectivity index (χ3v) is 2.85. The maximum Gasteiger partial charge on any atom is 0.135 e. The van der Waals surface area contributed by atoms with E-state index in [1.807, 2.05) is 12.1 Å². The lowest BCUT2D eigenvalue weighted by atomic mass is 10.1. The van der Waals surface area contributed by atoms with Gasteiger partial charge in [0.1, 0.15) is 11.2 Å². The first-order valence-corrected chi connectivity index (χ1v) is 5.28. The average Bonchev–Trinajstić information content (AvgIpc) is 2.66. The van der Waals surface area contributed by atoms with Crippen LogP contribution in [0.1, 0.15) is 12.5 Å². The van der Waals surface area contributed by atoms with Crippen LogP contribution in [0, 0.1) is 0 Å². The minimum Gasteiger partial charge on any atom is -0.456 e. The first-order chi connectivity index (χ1) is 7.38. The zero-order chi connectivity index (χ0) is 10.3. The molecule has 15 heavy (non-hydrogen) atoms. The molecule has 0 unspecified atom stereocenters. The second-order valence-electron chi connectivity index (χ2n) is 3.78. The van der Waals surface area contributed by atoms with Gasteiger partial charge in [0.25, 0.3) is 0 Å². The maximum atomic E-state index is 5.75. The number of furan rings is 1. The molecule has 0 saturated heterocycles. The second-order valence-corrected chi connectivity index (χ2v) is 3.78. The molecule has 0 aliphatic carbocycles. The highest BCUT2D eigenvalue weighted by atomic mass is 16.3. The van der Waals surface area contributed by atoms with Crippen molar-refractivity contribution in [3.63, 3.8) is 0 Å². The van der Waals surface area contributed by atoms with Crippen LogP contribution in [-0.4, -0.2) is 0 Å². The minimum absolute atomic E-state index is 0.973. The topological polar surface area (TPSA) is 13.1 Å². The Kier molecular flexibility index (Phi) is 1.78. The number of para-hydroxylation sites is 1. The molecule has 0 aliphatic rings. The van der Waals surface area contributed by atoms with Crippen LogP contribution in [0.25, 0.3) is 21.9 Å². The highest BCUT2D eigenvalue weighted by Gasteiger charge is 2.05. The van der Waals surface area contributed by atoms with Gasteiger partial charge in [0.15, 0.2) is 0 Å². The van der Waals surface area contributed by atoms with Crippen LogP contribution in [0.2, 0.25) is 0 Å². The molecule has 1 heterocycles. The van der Waals surface area contributed by atoms with Crippen molar-refractivity contribution in [2.75, 3.05) is 0 Å².